The second kappa shape index (κ2) is 7.67. The SMILES string of the molecule is Cn1c(CC2CCS(=O)(=O)C2)nn(CN2CCCc3cc(C(F)(F)F)ccc32)c1=S. The molecule has 0 N–H and O–H groups in total. The summed E-state index contributed by atoms with van der Waals surface area (Å²) >= 11 is 5.51. The molecule has 4 rings (SSSR count). The molecule has 2 aromatic rings. The first-order valence-electron chi connectivity index (χ1n) is 9.82. The summed E-state index contributed by atoms with van der Waals surface area (Å²) in [7, 11) is -1.15. The molecule has 11 heteroatoms. The van der Waals surface area contributed by atoms with E-state index in [0.29, 0.717) is 42.8 Å². The smallest absolute Gasteiger partial charge is 0.352 e. The summed E-state index contributed by atoms with van der Waals surface area (Å²) < 4.78 is 66.5. The zero-order chi connectivity index (χ0) is 21.7. The number of alkyl halides is 3. The standard InChI is InChI=1S/C19H23F3N4O2S2/c1-24-17(9-13-6-8-30(27,28)11-13)23-26(18(24)29)12-25-7-2-3-14-10-15(19(20,21)22)4-5-16(14)25/h4-5,10,13H,2-3,6-9,11-12H2,1H3. The normalized spacial score (nSPS) is 21.1. The lowest BCUT2D eigenvalue weighted by molar-refractivity contribution is -0.137. The Bertz CT molecular complexity index is 1120. The van der Waals surface area contributed by atoms with Crippen LogP contribution in [-0.4, -0.2) is 40.8 Å². The Balaban J connectivity index is 1.55. The fourth-order valence-electron chi connectivity index (χ4n) is 4.25. The summed E-state index contributed by atoms with van der Waals surface area (Å²) in [6.07, 6.45) is -1.84. The van der Waals surface area contributed by atoms with Gasteiger partial charge in [0, 0.05) is 25.7 Å². The van der Waals surface area contributed by atoms with Crippen LogP contribution in [0.4, 0.5) is 18.9 Å². The van der Waals surface area contributed by atoms with Crippen molar-refractivity contribution in [3.05, 3.63) is 39.9 Å². The Kier molecular flexibility index (Phi) is 5.46. The number of sulfone groups is 1. The van der Waals surface area contributed by atoms with Gasteiger partial charge in [-0.25, -0.2) is 13.1 Å². The number of anilines is 1. The quantitative estimate of drug-likeness (QED) is 0.655. The van der Waals surface area contributed by atoms with E-state index in [2.05, 4.69) is 5.10 Å². The molecule has 0 amide bonds. The lowest BCUT2D eigenvalue weighted by Crippen LogP contribution is -2.32. The van der Waals surface area contributed by atoms with Crippen LogP contribution in [0.25, 0.3) is 0 Å². The van der Waals surface area contributed by atoms with Crippen LogP contribution in [-0.2, 0) is 42.6 Å². The molecule has 1 atom stereocenters. The third-order valence-electron chi connectivity index (χ3n) is 5.86. The van der Waals surface area contributed by atoms with Crippen LogP contribution in [0.2, 0.25) is 0 Å². The van der Waals surface area contributed by atoms with Crippen molar-refractivity contribution in [3.8, 4) is 0 Å². The number of rotatable bonds is 4. The molecule has 2 aliphatic heterocycles. The minimum absolute atomic E-state index is 0.0375. The van der Waals surface area contributed by atoms with Crippen molar-refractivity contribution in [2.75, 3.05) is 23.0 Å². The molecular weight excluding hydrogens is 437 g/mol. The summed E-state index contributed by atoms with van der Waals surface area (Å²) in [4.78, 5) is 1.99. The molecule has 0 radical (unpaired) electrons. The number of fused-ring (bicyclic) bond motifs is 1. The van der Waals surface area contributed by atoms with E-state index in [4.69, 9.17) is 12.2 Å². The molecule has 1 fully saturated rings. The van der Waals surface area contributed by atoms with Crippen LogP contribution in [0, 0.1) is 10.7 Å². The Morgan fingerprint density at radius 1 is 1.30 bits per heavy atom. The van der Waals surface area contributed by atoms with Crippen molar-refractivity contribution in [2.45, 2.75) is 38.5 Å². The molecule has 0 spiro atoms. The van der Waals surface area contributed by atoms with Crippen molar-refractivity contribution in [2.24, 2.45) is 13.0 Å². The van der Waals surface area contributed by atoms with Gasteiger partial charge >= 0.3 is 6.18 Å². The number of halogens is 3. The minimum atomic E-state index is -4.36. The molecule has 1 unspecified atom stereocenters. The lowest BCUT2D eigenvalue weighted by Gasteiger charge is -2.31. The van der Waals surface area contributed by atoms with Crippen LogP contribution in [0.15, 0.2) is 18.2 Å². The molecule has 0 aliphatic carbocycles. The van der Waals surface area contributed by atoms with Crippen molar-refractivity contribution in [1.29, 1.82) is 0 Å². The fraction of sp³-hybridized carbons (Fsp3) is 0.579. The largest absolute Gasteiger partial charge is 0.416 e. The van der Waals surface area contributed by atoms with Gasteiger partial charge < -0.3 is 9.47 Å². The highest BCUT2D eigenvalue weighted by Crippen LogP contribution is 2.35. The average molecular weight is 461 g/mol. The summed E-state index contributed by atoms with van der Waals surface area (Å²) in [5.74, 6) is 1.16. The Morgan fingerprint density at radius 3 is 2.73 bits per heavy atom. The summed E-state index contributed by atoms with van der Waals surface area (Å²) in [6, 6.07) is 3.86. The number of aryl methyl sites for hydroxylation is 1. The van der Waals surface area contributed by atoms with Gasteiger partial charge in [-0.2, -0.15) is 18.3 Å². The molecular formula is C19H23F3N4O2S2. The maximum absolute atomic E-state index is 13.0. The first-order valence-corrected chi connectivity index (χ1v) is 12.0. The Morgan fingerprint density at radius 2 is 2.07 bits per heavy atom. The van der Waals surface area contributed by atoms with Crippen LogP contribution in [0.5, 0.6) is 0 Å². The van der Waals surface area contributed by atoms with Crippen LogP contribution in [0.3, 0.4) is 0 Å². The predicted molar refractivity (Wildman–Crippen MR) is 110 cm³/mol. The van der Waals surface area contributed by atoms with Gasteiger partial charge in [-0.3, -0.25) is 0 Å². The van der Waals surface area contributed by atoms with E-state index in [0.717, 1.165) is 24.0 Å². The molecule has 3 heterocycles. The van der Waals surface area contributed by atoms with Crippen LogP contribution in [0.1, 0.15) is 29.8 Å². The van der Waals surface area contributed by atoms with Gasteiger partial charge in [0.2, 0.25) is 0 Å². The Labute approximate surface area is 178 Å². The summed E-state index contributed by atoms with van der Waals surface area (Å²) in [6.45, 7) is 1.04. The predicted octanol–water partition coefficient (Wildman–Crippen LogP) is 3.36. The number of benzene rings is 1. The first kappa shape index (κ1) is 21.4. The van der Waals surface area contributed by atoms with E-state index < -0.39 is 21.6 Å². The van der Waals surface area contributed by atoms with Gasteiger partial charge in [0.05, 0.1) is 17.1 Å². The van der Waals surface area contributed by atoms with Crippen LogP contribution < -0.4 is 4.90 Å². The monoisotopic (exact) mass is 460 g/mol. The summed E-state index contributed by atoms with van der Waals surface area (Å²) in [5.41, 5.74) is 0.812. The van der Waals surface area contributed by atoms with E-state index in [9.17, 15) is 21.6 Å². The number of aromatic nitrogens is 3. The van der Waals surface area contributed by atoms with Gasteiger partial charge in [-0.05, 0) is 61.2 Å². The van der Waals surface area contributed by atoms with Crippen molar-refractivity contribution in [1.82, 2.24) is 14.3 Å². The zero-order valence-electron chi connectivity index (χ0n) is 16.5. The maximum Gasteiger partial charge on any atom is 0.416 e. The number of hydrogen-bond donors (Lipinski definition) is 0. The summed E-state index contributed by atoms with van der Waals surface area (Å²) in [5, 5.41) is 4.60. The van der Waals surface area contributed by atoms with E-state index in [1.54, 1.807) is 9.25 Å². The third kappa shape index (κ3) is 4.27. The van der Waals surface area contributed by atoms with Crippen molar-refractivity contribution < 1.29 is 21.6 Å². The molecule has 1 saturated heterocycles. The highest BCUT2D eigenvalue weighted by Gasteiger charge is 2.32. The zero-order valence-corrected chi connectivity index (χ0v) is 18.2. The van der Waals surface area contributed by atoms with Gasteiger partial charge in [0.15, 0.2) is 14.6 Å². The van der Waals surface area contributed by atoms with Gasteiger partial charge in [-0.15, -0.1) is 0 Å². The topological polar surface area (TPSA) is 60.1 Å². The molecule has 164 valence electrons. The molecule has 0 bridgehead atoms. The minimum Gasteiger partial charge on any atom is -0.352 e. The first-order chi connectivity index (χ1) is 14.0. The molecule has 30 heavy (non-hydrogen) atoms. The maximum atomic E-state index is 13.0. The van der Waals surface area contributed by atoms with E-state index in [1.807, 2.05) is 11.9 Å². The van der Waals surface area contributed by atoms with Gasteiger partial charge in [0.1, 0.15) is 12.5 Å². The van der Waals surface area contributed by atoms with Crippen LogP contribution >= 0.6 is 12.2 Å². The van der Waals surface area contributed by atoms with E-state index in [-0.39, 0.29) is 17.4 Å². The fourth-order valence-corrected chi connectivity index (χ4v) is 6.32. The highest BCUT2D eigenvalue weighted by atomic mass is 32.2. The average Bonchev–Trinajstić information content (AvgIpc) is 3.14. The Hall–Kier alpha value is -1.88. The van der Waals surface area contributed by atoms with Gasteiger partial charge in [0.25, 0.3) is 0 Å². The molecule has 6 nitrogen and oxygen atoms in total. The number of nitrogens with zero attached hydrogens (tertiary/aromatic N) is 4. The lowest BCUT2D eigenvalue weighted by atomic mass is 9.99. The molecule has 1 aromatic carbocycles. The van der Waals surface area contributed by atoms with E-state index >= 15 is 0 Å². The third-order valence-corrected chi connectivity index (χ3v) is 8.18. The van der Waals surface area contributed by atoms with Crippen molar-refractivity contribution in [3.63, 3.8) is 0 Å². The molecule has 2 aliphatic rings. The number of hydrogen-bond acceptors (Lipinski definition) is 5. The second-order valence-electron chi connectivity index (χ2n) is 8.08. The second-order valence-corrected chi connectivity index (χ2v) is 10.7. The highest BCUT2D eigenvalue weighted by molar-refractivity contribution is 7.91. The molecule has 1 aromatic heterocycles. The van der Waals surface area contributed by atoms with Crippen molar-refractivity contribution >= 4 is 27.7 Å². The van der Waals surface area contributed by atoms with Gasteiger partial charge in [-0.1, -0.05) is 0 Å². The molecule has 0 saturated carbocycles. The van der Waals surface area contributed by atoms with E-state index in [1.165, 1.54) is 12.1 Å².